The number of rotatable bonds is 13. The van der Waals surface area contributed by atoms with Gasteiger partial charge in [-0.15, -0.1) is 0 Å². The Morgan fingerprint density at radius 1 is 0.315 bits per heavy atom. The first kappa shape index (κ1) is 57.1. The minimum atomic E-state index is -2.36. The van der Waals surface area contributed by atoms with E-state index in [1.54, 1.807) is 169 Å². The van der Waals surface area contributed by atoms with Crippen LogP contribution in [0, 0.1) is 58.2 Å². The lowest BCUT2D eigenvalue weighted by atomic mass is 9.67. The summed E-state index contributed by atoms with van der Waals surface area (Å²) in [6.07, 6.45) is 3.32. The molecule has 13 aromatic rings. The molecule has 0 aliphatic heterocycles. The molecule has 4 nitrogen and oxygen atoms in total. The van der Waals surface area contributed by atoms with Crippen molar-refractivity contribution in [3.63, 3.8) is 0 Å². The number of furan rings is 1. The van der Waals surface area contributed by atoms with Crippen LogP contribution in [0.15, 0.2) is 242 Å². The molecule has 0 amide bonds. The van der Waals surface area contributed by atoms with Crippen LogP contribution in [0.25, 0.3) is 56.3 Å². The molecule has 0 radical (unpaired) electrons. The Morgan fingerprint density at radius 2 is 0.652 bits per heavy atom. The summed E-state index contributed by atoms with van der Waals surface area (Å²) in [4.78, 5) is 1.69. The van der Waals surface area contributed by atoms with Gasteiger partial charge < -0.3 is 18.8 Å². The number of para-hydroxylation sites is 1. The second-order valence-electron chi connectivity index (χ2n) is 22.4. The van der Waals surface area contributed by atoms with Crippen LogP contribution in [-0.4, -0.2) is 0 Å². The highest BCUT2D eigenvalue weighted by Crippen LogP contribution is 2.62. The Kier molecular flexibility index (Phi) is 13.5. The highest BCUT2D eigenvalue weighted by Gasteiger charge is 2.53. The van der Waals surface area contributed by atoms with Gasteiger partial charge in [-0.25, -0.2) is 43.9 Å². The molecule has 0 saturated heterocycles. The standard InChI is InChI=1S/C78H43F10NO3/c1-3-42-17-28-49(29-18-42)90-51-32-21-44(22-33-51)77(65-67(79)71(83)75(87)72(84)68(65)80)59-14-8-5-11-53(59)55-36-25-46(39-61(55)77)89(48-27-38-58-57-13-7-10-16-63(57)92-64(58)41-48)47-26-37-56-54-12-6-9-15-60(54)78(62(56)40-47,66-69(81)73(85)76(88)74(86)70(66)82)45-23-34-52(35-24-45)91-50-30-19-43(4-2)20-31-50/h3-41H,1-2H2. The van der Waals surface area contributed by atoms with Gasteiger partial charge in [-0.05, 0) is 158 Å². The quantitative estimate of drug-likeness (QED) is 0.0655. The fourth-order valence-corrected chi connectivity index (χ4v) is 13.6. The minimum absolute atomic E-state index is 0.0613. The van der Waals surface area contributed by atoms with Gasteiger partial charge in [0.25, 0.3) is 0 Å². The van der Waals surface area contributed by atoms with Gasteiger partial charge in [0.2, 0.25) is 11.6 Å². The summed E-state index contributed by atoms with van der Waals surface area (Å²) in [6, 6.07) is 61.5. The average molecular weight is 1230 g/mol. The molecule has 448 valence electrons. The molecule has 1 heterocycles. The summed E-state index contributed by atoms with van der Waals surface area (Å²) in [7, 11) is 0. The summed E-state index contributed by atoms with van der Waals surface area (Å²) in [6.45, 7) is 7.59. The maximum atomic E-state index is 17.4. The predicted molar refractivity (Wildman–Crippen MR) is 336 cm³/mol. The topological polar surface area (TPSA) is 34.8 Å². The number of benzene rings is 12. The molecule has 0 N–H and O–H groups in total. The average Bonchev–Trinajstić information content (AvgIpc) is 1.50. The fraction of sp³-hybridized carbons (Fsp3) is 0.0256. The molecule has 2 aliphatic rings. The zero-order valence-corrected chi connectivity index (χ0v) is 47.9. The van der Waals surface area contributed by atoms with Crippen LogP contribution in [0.3, 0.4) is 0 Å². The molecular formula is C78H43F10NO3. The van der Waals surface area contributed by atoms with Crippen molar-refractivity contribution in [2.24, 2.45) is 0 Å². The van der Waals surface area contributed by atoms with Crippen LogP contribution in [0.5, 0.6) is 23.0 Å². The van der Waals surface area contributed by atoms with E-state index in [0.29, 0.717) is 56.0 Å². The molecule has 2 aliphatic carbocycles. The van der Waals surface area contributed by atoms with Gasteiger partial charge >= 0.3 is 0 Å². The normalized spacial score (nSPS) is 15.2. The third-order valence-electron chi connectivity index (χ3n) is 17.6. The number of halogens is 10. The van der Waals surface area contributed by atoms with Crippen LogP contribution in [-0.2, 0) is 10.8 Å². The molecule has 12 aromatic carbocycles. The second kappa shape index (κ2) is 21.7. The van der Waals surface area contributed by atoms with Gasteiger partial charge in [0.05, 0.1) is 10.8 Å². The van der Waals surface area contributed by atoms with Crippen molar-refractivity contribution in [3.8, 4) is 45.3 Å². The van der Waals surface area contributed by atoms with E-state index in [1.807, 2.05) is 24.3 Å². The summed E-state index contributed by atoms with van der Waals surface area (Å²) in [5, 5.41) is 1.48. The highest BCUT2D eigenvalue weighted by atomic mass is 19.2. The van der Waals surface area contributed by atoms with E-state index in [9.17, 15) is 0 Å². The Hall–Kier alpha value is -11.4. The number of hydrogen-bond donors (Lipinski definition) is 0. The molecule has 0 fully saturated rings. The second-order valence-corrected chi connectivity index (χ2v) is 22.4. The van der Waals surface area contributed by atoms with E-state index in [0.717, 1.165) is 16.5 Å². The molecular weight excluding hydrogens is 1190 g/mol. The zero-order valence-electron chi connectivity index (χ0n) is 47.9. The molecule has 2 atom stereocenters. The largest absolute Gasteiger partial charge is 0.457 e. The molecule has 15 rings (SSSR count). The van der Waals surface area contributed by atoms with Gasteiger partial charge in [0, 0.05) is 45.0 Å². The minimum Gasteiger partial charge on any atom is -0.457 e. The molecule has 2 unspecified atom stereocenters. The molecule has 92 heavy (non-hydrogen) atoms. The summed E-state index contributed by atoms with van der Waals surface area (Å²) in [5.41, 5.74) is -1.67. The van der Waals surface area contributed by atoms with E-state index >= 15 is 43.9 Å². The zero-order chi connectivity index (χ0) is 63.5. The fourth-order valence-electron chi connectivity index (χ4n) is 13.6. The summed E-state index contributed by atoms with van der Waals surface area (Å²) in [5.74, 6) is -20.4. The van der Waals surface area contributed by atoms with E-state index < -0.39 is 80.1 Å². The van der Waals surface area contributed by atoms with Gasteiger partial charge in [0.15, 0.2) is 46.5 Å². The van der Waals surface area contributed by atoms with Crippen molar-refractivity contribution >= 4 is 51.2 Å². The van der Waals surface area contributed by atoms with Crippen molar-refractivity contribution in [2.75, 3.05) is 4.90 Å². The summed E-state index contributed by atoms with van der Waals surface area (Å²) < 4.78 is 184. The van der Waals surface area contributed by atoms with Gasteiger partial charge in [-0.3, -0.25) is 0 Å². The predicted octanol–water partition coefficient (Wildman–Crippen LogP) is 22.0. The Balaban J connectivity index is 0.996. The SMILES string of the molecule is C=Cc1ccc(Oc2ccc(C3(c4c(F)c(F)c(F)c(F)c4F)c4ccccc4-c4ccc(N(c5ccc6c(c5)C(c5ccc(Oc7ccc(C=C)cc7)cc5)(c5c(F)c(F)c(F)c(F)c5F)c5ccccc5-6)c5ccc6c(c5)oc5ccccc56)cc43)cc2)cc1. The summed E-state index contributed by atoms with van der Waals surface area (Å²) >= 11 is 0. The Morgan fingerprint density at radius 3 is 1.08 bits per heavy atom. The van der Waals surface area contributed by atoms with E-state index in [4.69, 9.17) is 13.9 Å². The van der Waals surface area contributed by atoms with Crippen molar-refractivity contribution in [3.05, 3.63) is 351 Å². The van der Waals surface area contributed by atoms with Crippen molar-refractivity contribution in [1.82, 2.24) is 0 Å². The molecule has 0 bridgehead atoms. The highest BCUT2D eigenvalue weighted by molar-refractivity contribution is 6.06. The van der Waals surface area contributed by atoms with E-state index in [-0.39, 0.29) is 56.3 Å². The monoisotopic (exact) mass is 1230 g/mol. The van der Waals surface area contributed by atoms with E-state index in [1.165, 1.54) is 48.5 Å². The first-order chi connectivity index (χ1) is 44.6. The lowest BCUT2D eigenvalue weighted by molar-refractivity contribution is 0.363. The van der Waals surface area contributed by atoms with Crippen LogP contribution in [0.4, 0.5) is 61.0 Å². The van der Waals surface area contributed by atoms with Crippen molar-refractivity contribution in [1.29, 1.82) is 0 Å². The smallest absolute Gasteiger partial charge is 0.200 e. The number of fused-ring (bicyclic) bond motifs is 9. The lowest BCUT2D eigenvalue weighted by Gasteiger charge is -2.36. The Bertz CT molecular complexity index is 4890. The van der Waals surface area contributed by atoms with Gasteiger partial charge in [-0.2, -0.15) is 0 Å². The van der Waals surface area contributed by atoms with Crippen LogP contribution >= 0.6 is 0 Å². The molecule has 1 aromatic heterocycles. The van der Waals surface area contributed by atoms with Crippen LogP contribution < -0.4 is 14.4 Å². The maximum Gasteiger partial charge on any atom is 0.200 e. The van der Waals surface area contributed by atoms with Gasteiger partial charge in [-0.1, -0.05) is 153 Å². The van der Waals surface area contributed by atoms with Crippen molar-refractivity contribution in [2.45, 2.75) is 10.8 Å². The first-order valence-electron chi connectivity index (χ1n) is 28.9. The molecule has 0 saturated carbocycles. The van der Waals surface area contributed by atoms with E-state index in [2.05, 4.69) is 13.2 Å². The number of anilines is 3. The first-order valence-corrected chi connectivity index (χ1v) is 28.9. The van der Waals surface area contributed by atoms with Crippen LogP contribution in [0.1, 0.15) is 55.6 Å². The third-order valence-corrected chi connectivity index (χ3v) is 17.6. The number of ether oxygens (including phenoxy) is 2. The van der Waals surface area contributed by atoms with Crippen LogP contribution in [0.2, 0.25) is 0 Å². The third kappa shape index (κ3) is 8.46. The maximum absolute atomic E-state index is 17.4. The molecule has 14 heteroatoms. The lowest BCUT2D eigenvalue weighted by Crippen LogP contribution is -2.33. The van der Waals surface area contributed by atoms with Crippen molar-refractivity contribution < 1.29 is 57.8 Å². The Labute approximate surface area is 519 Å². The van der Waals surface area contributed by atoms with Gasteiger partial charge in [0.1, 0.15) is 34.2 Å². The number of hydrogen-bond acceptors (Lipinski definition) is 4. The molecule has 0 spiro atoms. The number of nitrogens with zero attached hydrogens (tertiary/aromatic N) is 1.